The minimum absolute atomic E-state index is 0.200. The average molecular weight is 270 g/mol. The standard InChI is InChI=1S/C15H18N4O/c1-19(2)12-7-5-6-11(10-12)17-15(20)13-8-3-4-9-14(13)18-16/h3-10,18H,16H2,1-2H3,(H,17,20). The first-order chi connectivity index (χ1) is 9.61. The van der Waals surface area contributed by atoms with Crippen LogP contribution in [0.3, 0.4) is 0 Å². The first kappa shape index (κ1) is 13.9. The Labute approximate surface area is 118 Å². The van der Waals surface area contributed by atoms with Gasteiger partial charge in [-0.3, -0.25) is 10.6 Å². The summed E-state index contributed by atoms with van der Waals surface area (Å²) in [5, 5.41) is 2.87. The molecule has 0 aliphatic heterocycles. The summed E-state index contributed by atoms with van der Waals surface area (Å²) in [7, 11) is 3.91. The van der Waals surface area contributed by atoms with E-state index in [1.54, 1.807) is 18.2 Å². The van der Waals surface area contributed by atoms with E-state index in [9.17, 15) is 4.79 Å². The molecule has 2 aromatic carbocycles. The van der Waals surface area contributed by atoms with Gasteiger partial charge in [-0.2, -0.15) is 0 Å². The van der Waals surface area contributed by atoms with Gasteiger partial charge in [0.2, 0.25) is 0 Å². The van der Waals surface area contributed by atoms with Crippen molar-refractivity contribution in [2.75, 3.05) is 29.7 Å². The van der Waals surface area contributed by atoms with Crippen LogP contribution >= 0.6 is 0 Å². The largest absolute Gasteiger partial charge is 0.378 e. The van der Waals surface area contributed by atoms with Crippen LogP contribution in [0.1, 0.15) is 10.4 Å². The molecule has 4 N–H and O–H groups in total. The van der Waals surface area contributed by atoms with Crippen LogP contribution in [0.15, 0.2) is 48.5 Å². The summed E-state index contributed by atoms with van der Waals surface area (Å²) in [6, 6.07) is 14.7. The maximum absolute atomic E-state index is 12.3. The van der Waals surface area contributed by atoms with Crippen molar-refractivity contribution in [1.82, 2.24) is 0 Å². The molecule has 0 aromatic heterocycles. The lowest BCUT2D eigenvalue weighted by molar-refractivity contribution is 0.102. The van der Waals surface area contributed by atoms with Gasteiger partial charge in [0.25, 0.3) is 5.91 Å². The highest BCUT2D eigenvalue weighted by Gasteiger charge is 2.10. The number of para-hydroxylation sites is 1. The van der Waals surface area contributed by atoms with Crippen LogP contribution in [0.5, 0.6) is 0 Å². The Hall–Kier alpha value is -2.53. The fraction of sp³-hybridized carbons (Fsp3) is 0.133. The molecule has 1 amide bonds. The van der Waals surface area contributed by atoms with E-state index in [-0.39, 0.29) is 5.91 Å². The lowest BCUT2D eigenvalue weighted by atomic mass is 10.1. The van der Waals surface area contributed by atoms with Crippen molar-refractivity contribution in [2.45, 2.75) is 0 Å². The summed E-state index contributed by atoms with van der Waals surface area (Å²) in [5.74, 6) is 5.21. The number of carbonyl (C=O) groups excluding carboxylic acids is 1. The second-order valence-electron chi connectivity index (χ2n) is 4.59. The second-order valence-corrected chi connectivity index (χ2v) is 4.59. The SMILES string of the molecule is CN(C)c1cccc(NC(=O)c2ccccc2NN)c1. The third kappa shape index (κ3) is 3.07. The van der Waals surface area contributed by atoms with Crippen molar-refractivity contribution in [3.8, 4) is 0 Å². The van der Waals surface area contributed by atoms with Crippen LogP contribution in [0.4, 0.5) is 17.1 Å². The first-order valence-electron chi connectivity index (χ1n) is 6.26. The number of hydrogen-bond donors (Lipinski definition) is 3. The zero-order chi connectivity index (χ0) is 14.5. The molecule has 0 aliphatic carbocycles. The molecule has 20 heavy (non-hydrogen) atoms. The quantitative estimate of drug-likeness (QED) is 0.589. The zero-order valence-corrected chi connectivity index (χ0v) is 11.6. The van der Waals surface area contributed by atoms with Gasteiger partial charge >= 0.3 is 0 Å². The normalized spacial score (nSPS) is 9.95. The van der Waals surface area contributed by atoms with E-state index in [2.05, 4.69) is 10.7 Å². The molecular formula is C15H18N4O. The molecule has 0 saturated heterocycles. The summed E-state index contributed by atoms with van der Waals surface area (Å²) in [4.78, 5) is 14.2. The molecule has 0 radical (unpaired) electrons. The molecule has 0 heterocycles. The Morgan fingerprint density at radius 2 is 1.85 bits per heavy atom. The van der Waals surface area contributed by atoms with Gasteiger partial charge in [-0.1, -0.05) is 18.2 Å². The predicted molar refractivity (Wildman–Crippen MR) is 83.0 cm³/mol. The van der Waals surface area contributed by atoms with E-state index in [1.165, 1.54) is 0 Å². The fourth-order valence-corrected chi connectivity index (χ4v) is 1.87. The van der Waals surface area contributed by atoms with Gasteiger partial charge in [-0.25, -0.2) is 0 Å². The van der Waals surface area contributed by atoms with Gasteiger partial charge in [-0.15, -0.1) is 0 Å². The molecule has 0 bridgehead atoms. The second kappa shape index (κ2) is 6.08. The van der Waals surface area contributed by atoms with Crippen molar-refractivity contribution in [3.05, 3.63) is 54.1 Å². The number of nitrogens with two attached hydrogens (primary N) is 1. The highest BCUT2D eigenvalue weighted by atomic mass is 16.1. The number of hydrazine groups is 1. The van der Waals surface area contributed by atoms with E-state index in [0.29, 0.717) is 11.3 Å². The Balaban J connectivity index is 2.21. The molecule has 104 valence electrons. The van der Waals surface area contributed by atoms with Gasteiger partial charge < -0.3 is 15.6 Å². The van der Waals surface area contributed by atoms with Gasteiger partial charge in [-0.05, 0) is 30.3 Å². The summed E-state index contributed by atoms with van der Waals surface area (Å²) >= 11 is 0. The Morgan fingerprint density at radius 3 is 2.55 bits per heavy atom. The third-order valence-electron chi connectivity index (χ3n) is 2.95. The highest BCUT2D eigenvalue weighted by molar-refractivity contribution is 6.08. The molecular weight excluding hydrogens is 252 g/mol. The number of amides is 1. The van der Waals surface area contributed by atoms with Crippen LogP contribution in [0.25, 0.3) is 0 Å². The number of carbonyl (C=O) groups is 1. The van der Waals surface area contributed by atoms with Gasteiger partial charge in [0.05, 0.1) is 11.3 Å². The third-order valence-corrected chi connectivity index (χ3v) is 2.95. The molecule has 0 fully saturated rings. The van der Waals surface area contributed by atoms with Crippen molar-refractivity contribution >= 4 is 23.0 Å². The summed E-state index contributed by atoms with van der Waals surface area (Å²) < 4.78 is 0. The smallest absolute Gasteiger partial charge is 0.257 e. The summed E-state index contributed by atoms with van der Waals surface area (Å²) in [6.07, 6.45) is 0. The molecule has 0 spiro atoms. The van der Waals surface area contributed by atoms with Crippen molar-refractivity contribution in [3.63, 3.8) is 0 Å². The Bertz CT molecular complexity index is 610. The number of nitrogens with one attached hydrogen (secondary N) is 2. The van der Waals surface area contributed by atoms with Crippen molar-refractivity contribution < 1.29 is 4.79 Å². The van der Waals surface area contributed by atoms with Crippen LogP contribution < -0.4 is 21.5 Å². The van der Waals surface area contributed by atoms with Gasteiger partial charge in [0.15, 0.2) is 0 Å². The number of nitrogen functional groups attached to an aromatic ring is 1. The topological polar surface area (TPSA) is 70.4 Å². The van der Waals surface area contributed by atoms with Crippen molar-refractivity contribution in [2.24, 2.45) is 5.84 Å². The molecule has 0 saturated carbocycles. The van der Waals surface area contributed by atoms with E-state index in [4.69, 9.17) is 5.84 Å². The van der Waals surface area contributed by atoms with Crippen LogP contribution in [0, 0.1) is 0 Å². The van der Waals surface area contributed by atoms with E-state index < -0.39 is 0 Å². The van der Waals surface area contributed by atoms with Gasteiger partial charge in [0, 0.05) is 25.5 Å². The van der Waals surface area contributed by atoms with Crippen molar-refractivity contribution in [1.29, 1.82) is 0 Å². The van der Waals surface area contributed by atoms with E-state index in [0.717, 1.165) is 11.4 Å². The maximum atomic E-state index is 12.3. The first-order valence-corrected chi connectivity index (χ1v) is 6.26. The monoisotopic (exact) mass is 270 g/mol. The Morgan fingerprint density at radius 1 is 1.10 bits per heavy atom. The minimum atomic E-state index is -0.200. The summed E-state index contributed by atoms with van der Waals surface area (Å²) in [5.41, 5.74) is 5.38. The van der Waals surface area contributed by atoms with Crippen LogP contribution in [0.2, 0.25) is 0 Å². The van der Waals surface area contributed by atoms with Crippen LogP contribution in [-0.4, -0.2) is 20.0 Å². The average Bonchev–Trinajstić information content (AvgIpc) is 2.47. The lowest BCUT2D eigenvalue weighted by Gasteiger charge is -2.14. The van der Waals surface area contributed by atoms with Crippen LogP contribution in [-0.2, 0) is 0 Å². The summed E-state index contributed by atoms with van der Waals surface area (Å²) in [6.45, 7) is 0. The number of nitrogens with zero attached hydrogens (tertiary/aromatic N) is 1. The molecule has 2 rings (SSSR count). The number of anilines is 3. The molecule has 2 aromatic rings. The molecule has 0 unspecified atom stereocenters. The molecule has 5 nitrogen and oxygen atoms in total. The maximum Gasteiger partial charge on any atom is 0.257 e. The van der Waals surface area contributed by atoms with Gasteiger partial charge in [0.1, 0.15) is 0 Å². The Kier molecular flexibility index (Phi) is 4.22. The molecule has 0 aliphatic rings. The van der Waals surface area contributed by atoms with E-state index >= 15 is 0 Å². The molecule has 0 atom stereocenters. The zero-order valence-electron chi connectivity index (χ0n) is 11.6. The fourth-order valence-electron chi connectivity index (χ4n) is 1.87. The minimum Gasteiger partial charge on any atom is -0.378 e. The molecule has 5 heteroatoms. The lowest BCUT2D eigenvalue weighted by Crippen LogP contribution is -2.17. The number of benzene rings is 2. The number of hydrogen-bond acceptors (Lipinski definition) is 4. The number of rotatable bonds is 4. The predicted octanol–water partition coefficient (Wildman–Crippen LogP) is 2.29. The van der Waals surface area contributed by atoms with E-state index in [1.807, 2.05) is 49.3 Å². The highest BCUT2D eigenvalue weighted by Crippen LogP contribution is 2.20.